The van der Waals surface area contributed by atoms with Gasteiger partial charge >= 0.3 is 0 Å². The predicted molar refractivity (Wildman–Crippen MR) is 252 cm³/mol. The van der Waals surface area contributed by atoms with Crippen LogP contribution in [0.5, 0.6) is 0 Å². The highest BCUT2D eigenvalue weighted by Gasteiger charge is 2.24. The zero-order valence-electron chi connectivity index (χ0n) is 32.8. The second-order valence-electron chi connectivity index (χ2n) is 15.7. The van der Waals surface area contributed by atoms with Crippen molar-refractivity contribution in [2.75, 3.05) is 0 Å². The lowest BCUT2D eigenvalue weighted by Crippen LogP contribution is -2.00. The van der Waals surface area contributed by atoms with Gasteiger partial charge in [-0.2, -0.15) is 0 Å². The topological polar surface area (TPSA) is 48.8 Å². The fraction of sp³-hybridized carbons (Fsp3) is 0. The summed E-state index contributed by atoms with van der Waals surface area (Å²) < 4.78 is 12.0. The van der Waals surface area contributed by atoms with Crippen LogP contribution in [0.15, 0.2) is 211 Å². The van der Waals surface area contributed by atoms with Crippen LogP contribution in [0.3, 0.4) is 0 Å². The van der Waals surface area contributed by atoms with Crippen LogP contribution in [0.4, 0.5) is 0 Å². The minimum absolute atomic E-state index is 0.846. The van der Waals surface area contributed by atoms with Gasteiger partial charge in [-0.3, -0.25) is 0 Å². The Labute approximate surface area is 350 Å². The van der Waals surface area contributed by atoms with Crippen LogP contribution in [-0.2, 0) is 0 Å². The predicted octanol–water partition coefficient (Wildman–Crippen LogP) is 14.7. The molecule has 0 unspecified atom stereocenters. The molecule has 0 N–H and O–H groups in total. The van der Waals surface area contributed by atoms with E-state index in [9.17, 15) is 0 Å². The number of hydrogen-bond acceptors (Lipinski definition) is 3. The van der Waals surface area contributed by atoms with Crippen LogP contribution in [0.1, 0.15) is 0 Å². The molecule has 0 radical (unpaired) electrons. The summed E-state index contributed by atoms with van der Waals surface area (Å²) in [4.78, 5) is 10.5. The summed E-state index contributed by atoms with van der Waals surface area (Å²) in [6, 6.07) is 72.9. The van der Waals surface area contributed by atoms with Crippen molar-refractivity contribution in [1.82, 2.24) is 19.1 Å². The van der Waals surface area contributed by atoms with Crippen LogP contribution < -0.4 is 0 Å². The molecule has 0 aliphatic heterocycles. The van der Waals surface area contributed by atoms with Crippen molar-refractivity contribution in [2.24, 2.45) is 0 Å². The van der Waals surface area contributed by atoms with Gasteiger partial charge in [-0.15, -0.1) is 0 Å². The van der Waals surface area contributed by atoms with E-state index < -0.39 is 0 Å². The number of aromatic nitrogens is 4. The van der Waals surface area contributed by atoms with Crippen molar-refractivity contribution in [3.63, 3.8) is 0 Å². The highest BCUT2D eigenvalue weighted by molar-refractivity contribution is 6.24. The van der Waals surface area contributed by atoms with E-state index in [1.165, 1.54) is 21.5 Å². The Morgan fingerprint density at radius 2 is 0.852 bits per heavy atom. The molecule has 5 heteroatoms. The Hall–Kier alpha value is -8.28. The lowest BCUT2D eigenvalue weighted by Gasteiger charge is -2.15. The monoisotopic (exact) mass is 778 g/mol. The number of furan rings is 1. The molecule has 0 aliphatic rings. The molecule has 0 aliphatic carbocycles. The molecule has 9 aromatic carbocycles. The molecule has 0 amide bonds. The van der Waals surface area contributed by atoms with E-state index in [2.05, 4.69) is 185 Å². The first-order valence-electron chi connectivity index (χ1n) is 20.7. The third kappa shape index (κ3) is 5.01. The van der Waals surface area contributed by atoms with Gasteiger partial charge in [-0.1, -0.05) is 164 Å². The number of rotatable bonds is 5. The quantitative estimate of drug-likeness (QED) is 0.175. The second kappa shape index (κ2) is 13.1. The van der Waals surface area contributed by atoms with Crippen LogP contribution >= 0.6 is 0 Å². The minimum Gasteiger partial charge on any atom is -0.453 e. The zero-order chi connectivity index (χ0) is 40.0. The van der Waals surface area contributed by atoms with E-state index in [-0.39, 0.29) is 0 Å². The van der Waals surface area contributed by atoms with Gasteiger partial charge in [0.1, 0.15) is 5.58 Å². The molecule has 0 saturated carbocycles. The Kier molecular flexibility index (Phi) is 7.24. The average molecular weight is 779 g/mol. The summed E-state index contributed by atoms with van der Waals surface area (Å²) in [6.07, 6.45) is 0. The maximum Gasteiger partial charge on any atom is 0.159 e. The van der Waals surface area contributed by atoms with E-state index in [0.29, 0.717) is 0 Å². The molecule has 284 valence electrons. The van der Waals surface area contributed by atoms with E-state index in [4.69, 9.17) is 14.4 Å². The first-order chi connectivity index (χ1) is 30.3. The molecule has 4 aromatic heterocycles. The largest absolute Gasteiger partial charge is 0.453 e. The Bertz CT molecular complexity index is 3880. The van der Waals surface area contributed by atoms with Crippen molar-refractivity contribution in [3.8, 4) is 45.0 Å². The van der Waals surface area contributed by atoms with Gasteiger partial charge in [0.15, 0.2) is 5.58 Å². The first-order valence-corrected chi connectivity index (χ1v) is 20.7. The van der Waals surface area contributed by atoms with Gasteiger partial charge in [-0.25, -0.2) is 9.97 Å². The second-order valence-corrected chi connectivity index (χ2v) is 15.7. The van der Waals surface area contributed by atoms with E-state index in [1.54, 1.807) is 0 Å². The van der Waals surface area contributed by atoms with Crippen molar-refractivity contribution in [3.05, 3.63) is 206 Å². The number of nitrogens with zero attached hydrogens (tertiary/aromatic N) is 4. The summed E-state index contributed by atoms with van der Waals surface area (Å²) in [5.41, 5.74) is 15.9. The molecule has 4 heterocycles. The van der Waals surface area contributed by atoms with Crippen molar-refractivity contribution in [2.45, 2.75) is 0 Å². The van der Waals surface area contributed by atoms with Crippen molar-refractivity contribution < 1.29 is 4.42 Å². The van der Waals surface area contributed by atoms with Crippen LogP contribution in [0.25, 0.3) is 122 Å². The maximum atomic E-state index is 7.08. The average Bonchev–Trinajstić information content (AvgIpc) is 4.00. The Morgan fingerprint density at radius 3 is 1.56 bits per heavy atom. The van der Waals surface area contributed by atoms with Crippen LogP contribution in [-0.4, -0.2) is 19.1 Å². The Morgan fingerprint density at radius 1 is 0.344 bits per heavy atom. The van der Waals surface area contributed by atoms with E-state index in [0.717, 1.165) is 100 Å². The van der Waals surface area contributed by atoms with E-state index >= 15 is 0 Å². The lowest BCUT2D eigenvalue weighted by molar-refractivity contribution is 0.667. The highest BCUT2D eigenvalue weighted by Crippen LogP contribution is 2.45. The molecular weight excluding hydrogens is 745 g/mol. The summed E-state index contributed by atoms with van der Waals surface area (Å²) >= 11 is 0. The minimum atomic E-state index is 0.846. The first kappa shape index (κ1) is 33.7. The lowest BCUT2D eigenvalue weighted by atomic mass is 10.0. The summed E-state index contributed by atoms with van der Waals surface area (Å²) in [5, 5.41) is 6.90. The molecule has 0 fully saturated rings. The fourth-order valence-electron chi connectivity index (χ4n) is 9.64. The molecule has 0 spiro atoms. The molecular formula is C56H34N4O. The van der Waals surface area contributed by atoms with Gasteiger partial charge in [0.25, 0.3) is 0 Å². The molecule has 13 aromatic rings. The fourth-order valence-corrected chi connectivity index (χ4v) is 9.64. The van der Waals surface area contributed by atoms with Gasteiger partial charge in [-0.05, 0) is 48.0 Å². The molecule has 0 bridgehead atoms. The third-order valence-electron chi connectivity index (χ3n) is 12.3. The maximum absolute atomic E-state index is 7.08. The van der Waals surface area contributed by atoms with Crippen molar-refractivity contribution >= 4 is 76.6 Å². The van der Waals surface area contributed by atoms with Gasteiger partial charge in [0.2, 0.25) is 0 Å². The standard InChI is InChI=1S/C56H34N4O/c1-3-16-35(17-4-1)39-24-14-25-44-45-26-15-31-50(56(45)61-55(39)44)60-49-30-12-8-23-41(49)43-33-32-42-40-22-7-11-29-48(40)59(53(42)54(43)60)38-21-13-20-37(34-38)52-51(36-18-5-2-6-19-36)57-46-27-9-10-28-47(46)58-52/h1-34H. The van der Waals surface area contributed by atoms with Gasteiger partial charge in [0.05, 0.1) is 50.2 Å². The summed E-state index contributed by atoms with van der Waals surface area (Å²) in [7, 11) is 0. The zero-order valence-corrected chi connectivity index (χ0v) is 32.8. The number of hydrogen-bond donors (Lipinski definition) is 0. The van der Waals surface area contributed by atoms with E-state index in [1.807, 2.05) is 30.3 Å². The molecule has 0 atom stereocenters. The highest BCUT2D eigenvalue weighted by atomic mass is 16.3. The van der Waals surface area contributed by atoms with Crippen molar-refractivity contribution in [1.29, 1.82) is 0 Å². The number of para-hydroxylation sites is 6. The summed E-state index contributed by atoms with van der Waals surface area (Å²) in [6.45, 7) is 0. The number of benzene rings is 9. The van der Waals surface area contributed by atoms with Crippen LogP contribution in [0.2, 0.25) is 0 Å². The summed E-state index contributed by atoms with van der Waals surface area (Å²) in [5.74, 6) is 0. The molecule has 61 heavy (non-hydrogen) atoms. The normalized spacial score (nSPS) is 11.9. The SMILES string of the molecule is c1ccc(-c2nc3ccccc3nc2-c2cccc(-n3c4ccccc4c4ccc5c6ccccc6n(-c6cccc7c6oc6c(-c8ccccc8)cccc67)c5c43)c2)cc1. The third-order valence-corrected chi connectivity index (χ3v) is 12.3. The number of fused-ring (bicyclic) bond motifs is 11. The molecule has 13 rings (SSSR count). The molecule has 5 nitrogen and oxygen atoms in total. The smallest absolute Gasteiger partial charge is 0.159 e. The Balaban J connectivity index is 1.12. The van der Waals surface area contributed by atoms with Gasteiger partial charge < -0.3 is 13.6 Å². The van der Waals surface area contributed by atoms with Crippen LogP contribution in [0, 0.1) is 0 Å². The molecule has 0 saturated heterocycles. The van der Waals surface area contributed by atoms with Gasteiger partial charge in [0, 0.05) is 54.7 Å².